The van der Waals surface area contributed by atoms with Crippen LogP contribution in [0.5, 0.6) is 17.2 Å². The summed E-state index contributed by atoms with van der Waals surface area (Å²) in [6.07, 6.45) is 0.258. The molecule has 0 N–H and O–H groups in total. The van der Waals surface area contributed by atoms with Gasteiger partial charge in [0.2, 0.25) is 6.23 Å². The number of methoxy groups -OCH3 is 3. The molecule has 2 heterocycles. The third-order valence-corrected chi connectivity index (χ3v) is 6.04. The molecule has 168 valence electrons. The van der Waals surface area contributed by atoms with Crippen LogP contribution in [-0.2, 0) is 4.74 Å². The first kappa shape index (κ1) is 20.9. The van der Waals surface area contributed by atoms with Gasteiger partial charge in [-0.25, -0.2) is 9.80 Å². The Morgan fingerprint density at radius 2 is 1.73 bits per heavy atom. The summed E-state index contributed by atoms with van der Waals surface area (Å²) in [5, 5.41) is 6.97. The lowest BCUT2D eigenvalue weighted by molar-refractivity contribution is -0.0209. The number of carbonyl (C=O) groups excluding carboxylic acids is 1. The maximum atomic E-state index is 11.9. The average molecular weight is 444 g/mol. The zero-order chi connectivity index (χ0) is 22.9. The third kappa shape index (κ3) is 3.65. The number of hydrogen-bond acceptors (Lipinski definition) is 7. The molecule has 3 aromatic carbocycles. The van der Waals surface area contributed by atoms with Crippen molar-refractivity contribution in [3.05, 3.63) is 89.0 Å². The minimum Gasteiger partial charge on any atom is -0.497 e. The van der Waals surface area contributed by atoms with Crippen molar-refractivity contribution >= 4 is 11.7 Å². The monoisotopic (exact) mass is 444 g/mol. The first-order valence-electron chi connectivity index (χ1n) is 10.6. The first-order chi connectivity index (χ1) is 16.1. The van der Waals surface area contributed by atoms with Crippen molar-refractivity contribution in [1.29, 1.82) is 0 Å². The number of hydrogen-bond donors (Lipinski definition) is 0. The zero-order valence-electron chi connectivity index (χ0n) is 18.6. The van der Waals surface area contributed by atoms with Crippen molar-refractivity contribution in [2.75, 3.05) is 21.3 Å². The van der Waals surface area contributed by atoms with Gasteiger partial charge in [0.15, 0.2) is 11.5 Å². The van der Waals surface area contributed by atoms with Crippen LogP contribution in [0.4, 0.5) is 0 Å². The molecule has 0 saturated carbocycles. The van der Waals surface area contributed by atoms with Gasteiger partial charge < -0.3 is 18.9 Å². The Bertz CT molecular complexity index is 1200. The topological polar surface area (TPSA) is 69.6 Å². The van der Waals surface area contributed by atoms with Crippen molar-refractivity contribution < 1.29 is 23.7 Å². The number of para-hydroxylation sites is 1. The van der Waals surface area contributed by atoms with Crippen LogP contribution >= 0.6 is 0 Å². The molecule has 5 rings (SSSR count). The number of rotatable bonds is 5. The van der Waals surface area contributed by atoms with Crippen molar-refractivity contribution in [3.63, 3.8) is 0 Å². The molecule has 2 aliphatic rings. The molecule has 0 saturated heterocycles. The first-order valence-corrected chi connectivity index (χ1v) is 10.6. The van der Waals surface area contributed by atoms with Gasteiger partial charge in [0.25, 0.3) is 0 Å². The SMILES string of the molecule is COC(=O)c1ccc([C@@H]2Oc3c(OC)cccc3[C@@H]3CC(c4ccc(OC)cc4)=NN32)cc1. The summed E-state index contributed by atoms with van der Waals surface area (Å²) in [6, 6.07) is 21.0. The van der Waals surface area contributed by atoms with Gasteiger partial charge in [0, 0.05) is 17.5 Å². The molecule has 7 heteroatoms. The number of nitrogens with zero attached hydrogens (tertiary/aromatic N) is 2. The van der Waals surface area contributed by atoms with Crippen molar-refractivity contribution in [1.82, 2.24) is 5.01 Å². The summed E-state index contributed by atoms with van der Waals surface area (Å²) in [5.41, 5.74) is 4.40. The van der Waals surface area contributed by atoms with E-state index < -0.39 is 6.23 Å². The summed E-state index contributed by atoms with van der Waals surface area (Å²) in [4.78, 5) is 11.9. The Morgan fingerprint density at radius 1 is 0.970 bits per heavy atom. The minimum atomic E-state index is -0.471. The quantitative estimate of drug-likeness (QED) is 0.530. The predicted molar refractivity (Wildman–Crippen MR) is 123 cm³/mol. The van der Waals surface area contributed by atoms with Gasteiger partial charge in [0.1, 0.15) is 5.75 Å². The minimum absolute atomic E-state index is 0.00812. The normalized spacial score (nSPS) is 18.5. The summed E-state index contributed by atoms with van der Waals surface area (Å²) in [5.74, 6) is 1.82. The third-order valence-electron chi connectivity index (χ3n) is 6.04. The predicted octanol–water partition coefficient (Wildman–Crippen LogP) is 4.73. The molecule has 7 nitrogen and oxygen atoms in total. The number of ether oxygens (including phenoxy) is 4. The Kier molecular flexibility index (Phi) is 5.38. The van der Waals surface area contributed by atoms with E-state index in [0.717, 1.165) is 40.3 Å². The highest BCUT2D eigenvalue weighted by molar-refractivity contribution is 6.02. The van der Waals surface area contributed by atoms with Gasteiger partial charge in [-0.05, 0) is 48.0 Å². The van der Waals surface area contributed by atoms with E-state index in [4.69, 9.17) is 24.0 Å². The Labute approximate surface area is 192 Å². The lowest BCUT2D eigenvalue weighted by Crippen LogP contribution is -2.33. The van der Waals surface area contributed by atoms with E-state index in [-0.39, 0.29) is 12.0 Å². The molecule has 0 fully saturated rings. The van der Waals surface area contributed by atoms with Crippen LogP contribution in [0.15, 0.2) is 71.8 Å². The molecule has 0 unspecified atom stereocenters. The zero-order valence-corrected chi connectivity index (χ0v) is 18.6. The number of hydrazone groups is 1. The summed E-state index contributed by atoms with van der Waals surface area (Å²) in [6.45, 7) is 0. The second-order valence-electron chi connectivity index (χ2n) is 7.84. The number of esters is 1. The summed E-state index contributed by atoms with van der Waals surface area (Å²) >= 11 is 0. The van der Waals surface area contributed by atoms with Crippen LogP contribution in [0.1, 0.15) is 45.7 Å². The molecule has 3 aromatic rings. The maximum absolute atomic E-state index is 11.9. The van der Waals surface area contributed by atoms with Crippen molar-refractivity contribution in [2.24, 2.45) is 5.10 Å². The Morgan fingerprint density at radius 3 is 2.39 bits per heavy atom. The molecular weight excluding hydrogens is 420 g/mol. The standard InChI is InChI=1S/C26H24N2O5/c1-30-19-13-11-16(12-14-19)21-15-22-20-5-4-6-23(31-2)24(20)33-25(28(22)27-21)17-7-9-18(10-8-17)26(29)32-3/h4-14,22,25H,15H2,1-3H3/t22-,25-/m0/s1. The van der Waals surface area contributed by atoms with Crippen LogP contribution in [0.2, 0.25) is 0 Å². The fourth-order valence-electron chi connectivity index (χ4n) is 4.32. The van der Waals surface area contributed by atoms with Crippen LogP contribution in [0.25, 0.3) is 0 Å². The highest BCUT2D eigenvalue weighted by atomic mass is 16.5. The lowest BCUT2D eigenvalue weighted by atomic mass is 9.95. The van der Waals surface area contributed by atoms with Crippen LogP contribution in [0, 0.1) is 0 Å². The van der Waals surface area contributed by atoms with E-state index in [9.17, 15) is 4.79 Å². The van der Waals surface area contributed by atoms with Gasteiger partial charge in [-0.2, -0.15) is 5.10 Å². The van der Waals surface area contributed by atoms with E-state index in [1.807, 2.05) is 53.5 Å². The molecule has 0 amide bonds. The van der Waals surface area contributed by atoms with Gasteiger partial charge in [-0.3, -0.25) is 0 Å². The fraction of sp³-hybridized carbons (Fsp3) is 0.231. The molecule has 2 atom stereocenters. The fourth-order valence-corrected chi connectivity index (χ4v) is 4.32. The molecule has 0 bridgehead atoms. The number of carbonyl (C=O) groups is 1. The van der Waals surface area contributed by atoms with Gasteiger partial charge in [-0.1, -0.05) is 24.3 Å². The molecule has 0 aromatic heterocycles. The number of benzene rings is 3. The Balaban J connectivity index is 1.56. The molecule has 0 spiro atoms. The second kappa shape index (κ2) is 8.50. The maximum Gasteiger partial charge on any atom is 0.337 e. The van der Waals surface area contributed by atoms with E-state index in [0.29, 0.717) is 11.3 Å². The van der Waals surface area contributed by atoms with Crippen LogP contribution < -0.4 is 14.2 Å². The summed E-state index contributed by atoms with van der Waals surface area (Å²) < 4.78 is 22.2. The smallest absolute Gasteiger partial charge is 0.337 e. The molecule has 2 aliphatic heterocycles. The molecule has 0 aliphatic carbocycles. The Hall–Kier alpha value is -4.00. The van der Waals surface area contributed by atoms with E-state index >= 15 is 0 Å². The van der Waals surface area contributed by atoms with Gasteiger partial charge in [-0.15, -0.1) is 0 Å². The van der Waals surface area contributed by atoms with Crippen molar-refractivity contribution in [3.8, 4) is 17.2 Å². The van der Waals surface area contributed by atoms with Crippen LogP contribution in [-0.4, -0.2) is 38.0 Å². The van der Waals surface area contributed by atoms with Crippen LogP contribution in [0.3, 0.4) is 0 Å². The number of fused-ring (bicyclic) bond motifs is 3. The molecular formula is C26H24N2O5. The molecule has 0 radical (unpaired) electrons. The van der Waals surface area contributed by atoms with E-state index in [2.05, 4.69) is 6.07 Å². The second-order valence-corrected chi connectivity index (χ2v) is 7.84. The highest BCUT2D eigenvalue weighted by Gasteiger charge is 2.42. The van der Waals surface area contributed by atoms with E-state index in [1.165, 1.54) is 7.11 Å². The lowest BCUT2D eigenvalue weighted by Gasteiger charge is -2.38. The van der Waals surface area contributed by atoms with E-state index in [1.54, 1.807) is 26.4 Å². The largest absolute Gasteiger partial charge is 0.497 e. The van der Waals surface area contributed by atoms with Crippen molar-refractivity contribution in [2.45, 2.75) is 18.7 Å². The van der Waals surface area contributed by atoms with Gasteiger partial charge in [0.05, 0.1) is 38.6 Å². The summed E-state index contributed by atoms with van der Waals surface area (Å²) in [7, 11) is 4.66. The average Bonchev–Trinajstić information content (AvgIpc) is 3.33. The highest BCUT2D eigenvalue weighted by Crippen LogP contribution is 2.50. The molecule has 33 heavy (non-hydrogen) atoms. The van der Waals surface area contributed by atoms with Gasteiger partial charge >= 0.3 is 5.97 Å².